The van der Waals surface area contributed by atoms with Gasteiger partial charge in [-0.15, -0.1) is 0 Å². The number of hydrogen-bond donors (Lipinski definition) is 1. The van der Waals surface area contributed by atoms with E-state index in [1.807, 2.05) is 20.0 Å². The molecule has 5 nitrogen and oxygen atoms in total. The summed E-state index contributed by atoms with van der Waals surface area (Å²) in [5.74, 6) is 0.818. The van der Waals surface area contributed by atoms with Crippen molar-refractivity contribution >= 4 is 0 Å². The van der Waals surface area contributed by atoms with Crippen LogP contribution in [0.4, 0.5) is 4.39 Å². The summed E-state index contributed by atoms with van der Waals surface area (Å²) in [7, 11) is 0. The fourth-order valence-electron chi connectivity index (χ4n) is 3.98. The van der Waals surface area contributed by atoms with Gasteiger partial charge in [0, 0.05) is 41.7 Å². The molecule has 1 N–H and O–H groups in total. The first kappa shape index (κ1) is 18.3. The molecule has 2 aromatic rings. The van der Waals surface area contributed by atoms with Gasteiger partial charge in [0.15, 0.2) is 0 Å². The maximum absolute atomic E-state index is 15.0. The van der Waals surface area contributed by atoms with Crippen molar-refractivity contribution in [2.24, 2.45) is 5.92 Å². The van der Waals surface area contributed by atoms with Gasteiger partial charge in [-0.1, -0.05) is 6.07 Å². The first-order chi connectivity index (χ1) is 12.9. The molecule has 0 radical (unpaired) electrons. The van der Waals surface area contributed by atoms with E-state index in [1.165, 1.54) is 12.4 Å². The van der Waals surface area contributed by atoms with Crippen molar-refractivity contribution in [2.45, 2.75) is 69.7 Å². The Morgan fingerprint density at radius 2 is 1.85 bits per heavy atom. The van der Waals surface area contributed by atoms with E-state index in [0.29, 0.717) is 43.1 Å². The molecule has 0 saturated heterocycles. The van der Waals surface area contributed by atoms with E-state index in [9.17, 15) is 5.11 Å². The van der Waals surface area contributed by atoms with E-state index in [0.717, 1.165) is 17.7 Å². The first-order valence-electron chi connectivity index (χ1n) is 9.73. The summed E-state index contributed by atoms with van der Waals surface area (Å²) in [6.07, 6.45) is 7.14. The molecule has 2 fully saturated rings. The van der Waals surface area contributed by atoms with Gasteiger partial charge in [-0.25, -0.2) is 14.4 Å². The number of rotatable bonds is 5. The van der Waals surface area contributed by atoms with E-state index < -0.39 is 11.8 Å². The highest BCUT2D eigenvalue weighted by Gasteiger charge is 2.44. The van der Waals surface area contributed by atoms with Gasteiger partial charge in [0.25, 0.3) is 0 Å². The predicted molar refractivity (Wildman–Crippen MR) is 99.2 cm³/mol. The molecule has 2 aliphatic carbocycles. The van der Waals surface area contributed by atoms with Crippen LogP contribution < -0.4 is 4.74 Å². The fraction of sp³-hybridized carbons (Fsp3) is 0.571. The van der Waals surface area contributed by atoms with Crippen molar-refractivity contribution in [3.05, 3.63) is 47.5 Å². The lowest BCUT2D eigenvalue weighted by Crippen LogP contribution is -2.29. The molecule has 2 saturated carbocycles. The minimum absolute atomic E-state index is 0.0203. The predicted octanol–water partition coefficient (Wildman–Crippen LogP) is 3.85. The monoisotopic (exact) mass is 371 g/mol. The van der Waals surface area contributed by atoms with Crippen LogP contribution in [0.25, 0.3) is 0 Å². The van der Waals surface area contributed by atoms with Crippen LogP contribution in [0.1, 0.15) is 61.8 Å². The lowest BCUT2D eigenvalue weighted by atomic mass is 9.81. The van der Waals surface area contributed by atoms with Gasteiger partial charge in [0.1, 0.15) is 11.8 Å². The smallest absolute Gasteiger partial charge is 0.316 e. The molecule has 2 aliphatic rings. The molecule has 1 unspecified atom stereocenters. The molecular weight excluding hydrogens is 345 g/mol. The van der Waals surface area contributed by atoms with Crippen molar-refractivity contribution in [3.8, 4) is 6.01 Å². The number of aliphatic hydroxyl groups is 1. The maximum Gasteiger partial charge on any atom is 0.316 e. The van der Waals surface area contributed by atoms with Gasteiger partial charge in [-0.2, -0.15) is 0 Å². The minimum Gasteiger partial charge on any atom is -0.460 e. The zero-order chi connectivity index (χ0) is 19.0. The van der Waals surface area contributed by atoms with Crippen LogP contribution in [0.15, 0.2) is 30.7 Å². The molecule has 0 amide bonds. The molecule has 0 aromatic carbocycles. The standard InChI is InChI=1S/C21H26FN3O2/c1-13-3-4-19(23-10-13)18-9-17(18)14(2)27-20-24-11-15(12-25-20)21(22)7-5-16(26)6-8-21/h3-4,10-12,14,16-18,26H,5-9H2,1-2H3/t14?,16?,17-,18+,21?/m1/s1. The van der Waals surface area contributed by atoms with Crippen LogP contribution in [0.3, 0.4) is 0 Å². The van der Waals surface area contributed by atoms with Crippen LogP contribution >= 0.6 is 0 Å². The summed E-state index contributed by atoms with van der Waals surface area (Å²) < 4.78 is 20.9. The number of hydrogen-bond acceptors (Lipinski definition) is 5. The summed E-state index contributed by atoms with van der Waals surface area (Å²) in [4.78, 5) is 13.0. The van der Waals surface area contributed by atoms with Crippen LogP contribution in [-0.4, -0.2) is 32.3 Å². The van der Waals surface area contributed by atoms with Gasteiger partial charge in [0.05, 0.1) is 6.10 Å². The van der Waals surface area contributed by atoms with Crippen LogP contribution in [-0.2, 0) is 5.67 Å². The summed E-state index contributed by atoms with van der Waals surface area (Å²) in [5.41, 5.74) is 1.30. The van der Waals surface area contributed by atoms with Gasteiger partial charge < -0.3 is 9.84 Å². The molecule has 27 heavy (non-hydrogen) atoms. The molecule has 144 valence electrons. The van der Waals surface area contributed by atoms with E-state index in [4.69, 9.17) is 4.74 Å². The molecule has 6 heteroatoms. The number of aryl methyl sites for hydroxylation is 1. The average molecular weight is 371 g/mol. The van der Waals surface area contributed by atoms with Crippen LogP contribution in [0, 0.1) is 12.8 Å². The fourth-order valence-corrected chi connectivity index (χ4v) is 3.98. The van der Waals surface area contributed by atoms with Crippen LogP contribution in [0.5, 0.6) is 6.01 Å². The minimum atomic E-state index is -1.44. The summed E-state index contributed by atoms with van der Waals surface area (Å²) in [6.45, 7) is 4.06. The van der Waals surface area contributed by atoms with Gasteiger partial charge in [-0.3, -0.25) is 4.98 Å². The molecular formula is C21H26FN3O2. The maximum atomic E-state index is 15.0. The van der Waals surface area contributed by atoms with Crippen molar-refractivity contribution in [1.82, 2.24) is 15.0 Å². The second kappa shape index (κ2) is 7.15. The van der Waals surface area contributed by atoms with Crippen molar-refractivity contribution < 1.29 is 14.2 Å². The van der Waals surface area contributed by atoms with E-state index in [-0.39, 0.29) is 12.1 Å². The Balaban J connectivity index is 1.35. The number of ether oxygens (including phenoxy) is 1. The number of aromatic nitrogens is 3. The molecule has 0 aliphatic heterocycles. The Kier molecular flexibility index (Phi) is 4.84. The number of aliphatic hydroxyl groups excluding tert-OH is 1. The summed E-state index contributed by atoms with van der Waals surface area (Å²) in [6, 6.07) is 4.45. The lowest BCUT2D eigenvalue weighted by molar-refractivity contribution is 0.0306. The zero-order valence-corrected chi connectivity index (χ0v) is 15.8. The Morgan fingerprint density at radius 1 is 1.15 bits per heavy atom. The Bertz CT molecular complexity index is 773. The summed E-state index contributed by atoms with van der Waals surface area (Å²) in [5, 5.41) is 9.58. The number of pyridine rings is 1. The van der Waals surface area contributed by atoms with Crippen molar-refractivity contribution in [2.75, 3.05) is 0 Å². The van der Waals surface area contributed by atoms with E-state index in [1.54, 1.807) is 0 Å². The van der Waals surface area contributed by atoms with Crippen molar-refractivity contribution in [3.63, 3.8) is 0 Å². The Hall–Kier alpha value is -2.08. The first-order valence-corrected chi connectivity index (χ1v) is 9.73. The number of halogens is 1. The van der Waals surface area contributed by atoms with E-state index >= 15 is 4.39 Å². The Labute approximate surface area is 159 Å². The molecule has 0 bridgehead atoms. The van der Waals surface area contributed by atoms with Crippen LogP contribution in [0.2, 0.25) is 0 Å². The third kappa shape index (κ3) is 3.95. The molecule has 3 atom stereocenters. The quantitative estimate of drug-likeness (QED) is 0.865. The topological polar surface area (TPSA) is 68.1 Å². The highest BCUT2D eigenvalue weighted by atomic mass is 19.1. The third-order valence-electron chi connectivity index (χ3n) is 5.94. The lowest BCUT2D eigenvalue weighted by Gasteiger charge is -2.31. The molecule has 4 rings (SSSR count). The van der Waals surface area contributed by atoms with Gasteiger partial charge in [-0.05, 0) is 57.6 Å². The highest BCUT2D eigenvalue weighted by Crippen LogP contribution is 2.49. The largest absolute Gasteiger partial charge is 0.460 e. The number of nitrogens with zero attached hydrogens (tertiary/aromatic N) is 3. The zero-order valence-electron chi connectivity index (χ0n) is 15.8. The van der Waals surface area contributed by atoms with Crippen molar-refractivity contribution in [1.29, 1.82) is 0 Å². The second-order valence-corrected chi connectivity index (χ2v) is 8.04. The summed E-state index contributed by atoms with van der Waals surface area (Å²) >= 11 is 0. The number of alkyl halides is 1. The SMILES string of the molecule is Cc1ccc([C@H]2C[C@@H]2C(C)Oc2ncc(C3(F)CCC(O)CC3)cn2)nc1. The average Bonchev–Trinajstić information content (AvgIpc) is 3.46. The second-order valence-electron chi connectivity index (χ2n) is 8.04. The molecule has 0 spiro atoms. The van der Waals surface area contributed by atoms with Gasteiger partial charge >= 0.3 is 6.01 Å². The molecule has 2 aromatic heterocycles. The van der Waals surface area contributed by atoms with Gasteiger partial charge in [0.2, 0.25) is 0 Å². The third-order valence-corrected chi connectivity index (χ3v) is 5.94. The molecule has 2 heterocycles. The Morgan fingerprint density at radius 3 is 2.48 bits per heavy atom. The normalized spacial score (nSPS) is 31.3. The highest BCUT2D eigenvalue weighted by molar-refractivity contribution is 5.22. The van der Waals surface area contributed by atoms with E-state index in [2.05, 4.69) is 27.1 Å².